The molecule has 2 aromatic rings. The number of thiophene rings is 1. The minimum Gasteiger partial charge on any atom is -0.504 e. The molecule has 24 heavy (non-hydrogen) atoms. The van der Waals surface area contributed by atoms with Crippen LogP contribution in [0.1, 0.15) is 38.4 Å². The van der Waals surface area contributed by atoms with Crippen molar-refractivity contribution in [3.8, 4) is 11.5 Å². The fourth-order valence-electron chi connectivity index (χ4n) is 2.47. The molecule has 1 aliphatic rings. The molecule has 2 N–H and O–H groups in total. The second-order valence-corrected chi connectivity index (χ2v) is 6.59. The Morgan fingerprint density at radius 2 is 2.08 bits per heavy atom. The maximum Gasteiger partial charge on any atom is 0.336 e. The Balaban J connectivity index is 1.82. The summed E-state index contributed by atoms with van der Waals surface area (Å²) >= 11 is 1.14. The number of benzene rings is 1. The van der Waals surface area contributed by atoms with Crippen molar-refractivity contribution in [3.63, 3.8) is 0 Å². The smallest absolute Gasteiger partial charge is 0.336 e. The minimum absolute atomic E-state index is 0.0508. The molecule has 1 heterocycles. The third-order valence-corrected chi connectivity index (χ3v) is 4.82. The number of amides is 1. The fraction of sp³-hybridized carbons (Fsp3) is 0.294. The summed E-state index contributed by atoms with van der Waals surface area (Å²) in [6, 6.07) is 6.58. The van der Waals surface area contributed by atoms with Crippen LogP contribution in [0.25, 0.3) is 0 Å². The van der Waals surface area contributed by atoms with E-state index < -0.39 is 5.97 Å². The predicted molar refractivity (Wildman–Crippen MR) is 88.8 cm³/mol. The van der Waals surface area contributed by atoms with E-state index in [1.54, 1.807) is 17.0 Å². The lowest BCUT2D eigenvalue weighted by atomic mass is 10.1. The Bertz CT molecular complexity index is 781. The number of hydrogen-bond donors (Lipinski definition) is 2. The Labute approximate surface area is 142 Å². The number of carbonyl (C=O) groups excluding carboxylic acids is 1. The molecule has 0 radical (unpaired) electrons. The maximum atomic E-state index is 12.8. The van der Waals surface area contributed by atoms with Crippen LogP contribution in [0.15, 0.2) is 29.6 Å². The molecule has 126 valence electrons. The lowest BCUT2D eigenvalue weighted by Gasteiger charge is -2.22. The molecule has 0 unspecified atom stereocenters. The van der Waals surface area contributed by atoms with E-state index in [0.29, 0.717) is 17.2 Å². The Kier molecular flexibility index (Phi) is 4.44. The summed E-state index contributed by atoms with van der Waals surface area (Å²) in [7, 11) is 1.47. The van der Waals surface area contributed by atoms with Gasteiger partial charge in [0.15, 0.2) is 11.5 Å². The van der Waals surface area contributed by atoms with Gasteiger partial charge in [0.1, 0.15) is 0 Å². The van der Waals surface area contributed by atoms with Crippen molar-refractivity contribution in [2.24, 2.45) is 0 Å². The van der Waals surface area contributed by atoms with E-state index in [9.17, 15) is 14.7 Å². The van der Waals surface area contributed by atoms with Gasteiger partial charge in [-0.25, -0.2) is 4.79 Å². The summed E-state index contributed by atoms with van der Waals surface area (Å²) in [5, 5.41) is 20.2. The van der Waals surface area contributed by atoms with Crippen molar-refractivity contribution in [3.05, 3.63) is 45.6 Å². The average Bonchev–Trinajstić information content (AvgIpc) is 3.28. The quantitative estimate of drug-likeness (QED) is 0.839. The maximum absolute atomic E-state index is 12.8. The molecule has 0 spiro atoms. The van der Waals surface area contributed by atoms with Gasteiger partial charge in [-0.3, -0.25) is 4.79 Å². The lowest BCUT2D eigenvalue weighted by Crippen LogP contribution is -2.32. The minimum atomic E-state index is -1.04. The van der Waals surface area contributed by atoms with Gasteiger partial charge in [0, 0.05) is 18.0 Å². The van der Waals surface area contributed by atoms with E-state index in [-0.39, 0.29) is 23.3 Å². The molecule has 0 saturated heterocycles. The van der Waals surface area contributed by atoms with Crippen LogP contribution in [0.4, 0.5) is 0 Å². The normalized spacial score (nSPS) is 13.5. The molecule has 0 aliphatic heterocycles. The van der Waals surface area contributed by atoms with E-state index >= 15 is 0 Å². The molecule has 0 bridgehead atoms. The number of rotatable bonds is 6. The average molecular weight is 347 g/mol. The highest BCUT2D eigenvalue weighted by atomic mass is 32.1. The zero-order valence-corrected chi connectivity index (χ0v) is 13.9. The van der Waals surface area contributed by atoms with E-state index in [2.05, 4.69) is 0 Å². The number of aromatic hydroxyl groups is 1. The van der Waals surface area contributed by atoms with E-state index in [4.69, 9.17) is 9.84 Å². The predicted octanol–water partition coefficient (Wildman–Crippen LogP) is 2.97. The number of phenols is 1. The SMILES string of the molecule is COc1cc(CN(C(=O)c2cc(C(=O)O)cs2)C2CC2)ccc1O. The van der Waals surface area contributed by atoms with E-state index in [1.165, 1.54) is 24.6 Å². The highest BCUT2D eigenvalue weighted by molar-refractivity contribution is 7.12. The van der Waals surface area contributed by atoms with Crippen LogP contribution in [0, 0.1) is 0 Å². The van der Waals surface area contributed by atoms with Crippen molar-refractivity contribution in [1.29, 1.82) is 0 Å². The topological polar surface area (TPSA) is 87.1 Å². The highest BCUT2D eigenvalue weighted by Gasteiger charge is 2.34. The molecule has 1 amide bonds. The second-order valence-electron chi connectivity index (χ2n) is 5.68. The van der Waals surface area contributed by atoms with E-state index in [1.807, 2.05) is 0 Å². The van der Waals surface area contributed by atoms with Crippen LogP contribution in [0.5, 0.6) is 11.5 Å². The standard InChI is InChI=1S/C17H17NO5S/c1-23-14-6-10(2-5-13(14)19)8-18(12-3-4-12)16(20)15-7-11(9-24-15)17(21)22/h2,5-7,9,12,19H,3-4,8H2,1H3,(H,21,22). The van der Waals surface area contributed by atoms with Gasteiger partial charge in [0.05, 0.1) is 17.6 Å². The number of hydrogen-bond acceptors (Lipinski definition) is 5. The van der Waals surface area contributed by atoms with Crippen LogP contribution in [0.2, 0.25) is 0 Å². The van der Waals surface area contributed by atoms with Gasteiger partial charge in [-0.15, -0.1) is 11.3 Å². The molecule has 1 fully saturated rings. The van der Waals surface area contributed by atoms with Crippen molar-refractivity contribution in [2.75, 3.05) is 7.11 Å². The van der Waals surface area contributed by atoms with Gasteiger partial charge in [-0.1, -0.05) is 6.07 Å². The second kappa shape index (κ2) is 6.52. The molecular formula is C17H17NO5S. The van der Waals surface area contributed by atoms with Crippen molar-refractivity contribution < 1.29 is 24.5 Å². The number of carbonyl (C=O) groups is 2. The van der Waals surface area contributed by atoms with Gasteiger partial charge >= 0.3 is 5.97 Å². The van der Waals surface area contributed by atoms with Crippen molar-refractivity contribution in [1.82, 2.24) is 4.90 Å². The third-order valence-electron chi connectivity index (χ3n) is 3.90. The van der Waals surface area contributed by atoms with Gasteiger partial charge in [0.2, 0.25) is 0 Å². The molecule has 6 nitrogen and oxygen atoms in total. The van der Waals surface area contributed by atoms with Crippen LogP contribution >= 0.6 is 11.3 Å². The first-order valence-electron chi connectivity index (χ1n) is 7.48. The summed E-state index contributed by atoms with van der Waals surface area (Å²) in [5.41, 5.74) is 0.977. The third kappa shape index (κ3) is 3.35. The molecule has 7 heteroatoms. The number of methoxy groups -OCH3 is 1. The highest BCUT2D eigenvalue weighted by Crippen LogP contribution is 2.33. The first-order valence-corrected chi connectivity index (χ1v) is 8.36. The summed E-state index contributed by atoms with van der Waals surface area (Å²) in [4.78, 5) is 25.9. The number of ether oxygens (including phenoxy) is 1. The summed E-state index contributed by atoms with van der Waals surface area (Å²) < 4.78 is 5.10. The molecule has 1 aromatic carbocycles. The Morgan fingerprint density at radius 1 is 1.33 bits per heavy atom. The van der Waals surface area contributed by atoms with Gasteiger partial charge in [0.25, 0.3) is 5.91 Å². The monoisotopic (exact) mass is 347 g/mol. The number of aromatic carboxylic acids is 1. The number of nitrogens with zero attached hydrogens (tertiary/aromatic N) is 1. The van der Waals surface area contributed by atoms with Crippen LogP contribution in [-0.2, 0) is 6.54 Å². The number of carboxylic acids is 1. The van der Waals surface area contributed by atoms with Gasteiger partial charge in [-0.2, -0.15) is 0 Å². The summed E-state index contributed by atoms with van der Waals surface area (Å²) in [6.45, 7) is 0.389. The number of carboxylic acid groups (broad SMARTS) is 1. The first kappa shape index (κ1) is 16.3. The zero-order chi connectivity index (χ0) is 17.3. The molecular weight excluding hydrogens is 330 g/mol. The molecule has 1 aromatic heterocycles. The van der Waals surface area contributed by atoms with Crippen molar-refractivity contribution >= 4 is 23.2 Å². The zero-order valence-electron chi connectivity index (χ0n) is 13.1. The van der Waals surface area contributed by atoms with Crippen LogP contribution in [-0.4, -0.2) is 40.1 Å². The Morgan fingerprint density at radius 3 is 2.67 bits per heavy atom. The lowest BCUT2D eigenvalue weighted by molar-refractivity contribution is 0.0697. The van der Waals surface area contributed by atoms with Crippen LogP contribution in [0.3, 0.4) is 0 Å². The molecule has 1 aliphatic carbocycles. The van der Waals surface area contributed by atoms with Crippen molar-refractivity contribution in [2.45, 2.75) is 25.4 Å². The molecule has 1 saturated carbocycles. The van der Waals surface area contributed by atoms with Gasteiger partial charge in [-0.05, 0) is 36.6 Å². The Hall–Kier alpha value is -2.54. The largest absolute Gasteiger partial charge is 0.504 e. The molecule has 3 rings (SSSR count). The van der Waals surface area contributed by atoms with Crippen LogP contribution < -0.4 is 4.74 Å². The fourth-order valence-corrected chi connectivity index (χ4v) is 3.31. The molecule has 0 atom stereocenters. The first-order chi connectivity index (χ1) is 11.5. The summed E-state index contributed by atoms with van der Waals surface area (Å²) in [6.07, 6.45) is 1.89. The summed E-state index contributed by atoms with van der Waals surface area (Å²) in [5.74, 6) is -0.788. The van der Waals surface area contributed by atoms with E-state index in [0.717, 1.165) is 29.7 Å². The van der Waals surface area contributed by atoms with Gasteiger partial charge < -0.3 is 19.8 Å². The number of phenolic OH excluding ortho intramolecular Hbond substituents is 1.